The molecule has 0 spiro atoms. The van der Waals surface area contributed by atoms with Gasteiger partial charge in [0.2, 0.25) is 0 Å². The van der Waals surface area contributed by atoms with E-state index >= 15 is 0 Å². The predicted octanol–water partition coefficient (Wildman–Crippen LogP) is 3.73. The molecule has 0 bridgehead atoms. The Hall–Kier alpha value is -0.370. The SMILES string of the molecule is CCC1(CC2CCCC(OC)C2)CCCC1=O. The minimum Gasteiger partial charge on any atom is -0.381 e. The third-order valence-corrected chi connectivity index (χ3v) is 5.07. The van der Waals surface area contributed by atoms with Crippen molar-refractivity contribution >= 4 is 5.78 Å². The van der Waals surface area contributed by atoms with Gasteiger partial charge >= 0.3 is 0 Å². The maximum absolute atomic E-state index is 12.1. The highest BCUT2D eigenvalue weighted by atomic mass is 16.5. The molecule has 17 heavy (non-hydrogen) atoms. The number of Topliss-reactive ketones (excluding diaryl/α,β-unsaturated/α-hetero) is 1. The fraction of sp³-hybridized carbons (Fsp3) is 0.933. The first-order chi connectivity index (χ1) is 8.20. The zero-order valence-corrected chi connectivity index (χ0v) is 11.3. The molecule has 0 saturated heterocycles. The van der Waals surface area contributed by atoms with Crippen LogP contribution in [0.5, 0.6) is 0 Å². The van der Waals surface area contributed by atoms with Gasteiger partial charge in [-0.05, 0) is 44.4 Å². The van der Waals surface area contributed by atoms with Crippen molar-refractivity contribution in [1.82, 2.24) is 0 Å². The van der Waals surface area contributed by atoms with Crippen LogP contribution in [0.1, 0.15) is 64.7 Å². The monoisotopic (exact) mass is 238 g/mol. The molecule has 0 N–H and O–H groups in total. The third kappa shape index (κ3) is 2.73. The molecule has 2 aliphatic carbocycles. The Morgan fingerprint density at radius 3 is 2.76 bits per heavy atom. The van der Waals surface area contributed by atoms with Crippen LogP contribution in [-0.4, -0.2) is 19.0 Å². The molecule has 0 aromatic rings. The second kappa shape index (κ2) is 5.51. The van der Waals surface area contributed by atoms with Gasteiger partial charge in [-0.2, -0.15) is 0 Å². The number of methoxy groups -OCH3 is 1. The van der Waals surface area contributed by atoms with E-state index in [1.165, 1.54) is 25.7 Å². The van der Waals surface area contributed by atoms with Crippen molar-refractivity contribution in [1.29, 1.82) is 0 Å². The van der Waals surface area contributed by atoms with Crippen LogP contribution in [0, 0.1) is 11.3 Å². The van der Waals surface area contributed by atoms with E-state index in [1.807, 2.05) is 7.11 Å². The summed E-state index contributed by atoms with van der Waals surface area (Å²) in [6.45, 7) is 2.19. The highest BCUT2D eigenvalue weighted by Gasteiger charge is 2.42. The quantitative estimate of drug-likeness (QED) is 0.746. The normalized spacial score (nSPS) is 38.6. The van der Waals surface area contributed by atoms with Crippen LogP contribution in [0.25, 0.3) is 0 Å². The van der Waals surface area contributed by atoms with Crippen LogP contribution in [0.4, 0.5) is 0 Å². The lowest BCUT2D eigenvalue weighted by molar-refractivity contribution is -0.127. The van der Waals surface area contributed by atoms with Crippen LogP contribution in [0.2, 0.25) is 0 Å². The van der Waals surface area contributed by atoms with Gasteiger partial charge in [0.15, 0.2) is 0 Å². The molecular formula is C15H26O2. The molecule has 2 nitrogen and oxygen atoms in total. The van der Waals surface area contributed by atoms with Gasteiger partial charge in [0.1, 0.15) is 5.78 Å². The number of ether oxygens (including phenoxy) is 1. The van der Waals surface area contributed by atoms with Crippen LogP contribution in [0.15, 0.2) is 0 Å². The Morgan fingerprint density at radius 2 is 2.18 bits per heavy atom. The average Bonchev–Trinajstić information content (AvgIpc) is 2.71. The zero-order chi connectivity index (χ0) is 12.3. The average molecular weight is 238 g/mol. The summed E-state index contributed by atoms with van der Waals surface area (Å²) >= 11 is 0. The first-order valence-corrected chi connectivity index (χ1v) is 7.26. The fourth-order valence-electron chi connectivity index (χ4n) is 3.92. The lowest BCUT2D eigenvalue weighted by Gasteiger charge is -2.35. The van der Waals surface area contributed by atoms with Crippen molar-refractivity contribution in [2.45, 2.75) is 70.8 Å². The number of rotatable bonds is 4. The topological polar surface area (TPSA) is 26.3 Å². The molecule has 3 atom stereocenters. The molecule has 3 unspecified atom stereocenters. The summed E-state index contributed by atoms with van der Waals surface area (Å²) in [4.78, 5) is 12.1. The summed E-state index contributed by atoms with van der Waals surface area (Å²) < 4.78 is 5.49. The number of carbonyl (C=O) groups is 1. The number of ketones is 1. The van der Waals surface area contributed by atoms with Crippen molar-refractivity contribution in [2.75, 3.05) is 7.11 Å². The van der Waals surface area contributed by atoms with Crippen LogP contribution < -0.4 is 0 Å². The van der Waals surface area contributed by atoms with E-state index in [0.717, 1.165) is 38.0 Å². The lowest BCUT2D eigenvalue weighted by atomic mass is 9.71. The first kappa shape index (κ1) is 13.1. The summed E-state index contributed by atoms with van der Waals surface area (Å²) in [6, 6.07) is 0. The molecule has 2 heteroatoms. The third-order valence-electron chi connectivity index (χ3n) is 5.07. The Morgan fingerprint density at radius 1 is 1.35 bits per heavy atom. The van der Waals surface area contributed by atoms with E-state index in [1.54, 1.807) is 0 Å². The van der Waals surface area contributed by atoms with Gasteiger partial charge in [0.25, 0.3) is 0 Å². The molecule has 0 aliphatic heterocycles. The molecule has 0 heterocycles. The highest BCUT2D eigenvalue weighted by molar-refractivity contribution is 5.86. The van der Waals surface area contributed by atoms with E-state index in [2.05, 4.69) is 6.92 Å². The van der Waals surface area contributed by atoms with Crippen molar-refractivity contribution in [2.24, 2.45) is 11.3 Å². The summed E-state index contributed by atoms with van der Waals surface area (Å²) in [6.07, 6.45) is 10.6. The Bertz CT molecular complexity index is 274. The molecule has 2 aliphatic rings. The fourth-order valence-corrected chi connectivity index (χ4v) is 3.92. The number of hydrogen-bond acceptors (Lipinski definition) is 2. The maximum atomic E-state index is 12.1. The van der Waals surface area contributed by atoms with Crippen molar-refractivity contribution in [3.8, 4) is 0 Å². The smallest absolute Gasteiger partial charge is 0.139 e. The van der Waals surface area contributed by atoms with Gasteiger partial charge in [-0.25, -0.2) is 0 Å². The largest absolute Gasteiger partial charge is 0.381 e. The van der Waals surface area contributed by atoms with Crippen molar-refractivity contribution in [3.05, 3.63) is 0 Å². The second-order valence-electron chi connectivity index (χ2n) is 6.01. The number of hydrogen-bond donors (Lipinski definition) is 0. The Kier molecular flexibility index (Phi) is 4.24. The van der Waals surface area contributed by atoms with Gasteiger partial charge in [0, 0.05) is 18.9 Å². The Labute approximate surface area is 105 Å². The second-order valence-corrected chi connectivity index (χ2v) is 6.01. The molecule has 2 saturated carbocycles. The summed E-state index contributed by atoms with van der Waals surface area (Å²) in [7, 11) is 1.82. The molecule has 0 aromatic heterocycles. The van der Waals surface area contributed by atoms with Crippen molar-refractivity contribution in [3.63, 3.8) is 0 Å². The predicted molar refractivity (Wildman–Crippen MR) is 69.0 cm³/mol. The van der Waals surface area contributed by atoms with E-state index in [9.17, 15) is 4.79 Å². The molecule has 98 valence electrons. The van der Waals surface area contributed by atoms with E-state index in [0.29, 0.717) is 11.9 Å². The Balaban J connectivity index is 1.96. The lowest BCUT2D eigenvalue weighted by Crippen LogP contribution is -2.31. The van der Waals surface area contributed by atoms with Crippen LogP contribution in [0.3, 0.4) is 0 Å². The number of carbonyl (C=O) groups excluding carboxylic acids is 1. The van der Waals surface area contributed by atoms with Crippen LogP contribution in [-0.2, 0) is 9.53 Å². The minimum atomic E-state index is 0.0420. The van der Waals surface area contributed by atoms with Gasteiger partial charge in [-0.15, -0.1) is 0 Å². The molecule has 0 aromatic carbocycles. The standard InChI is InChI=1S/C15H26O2/c1-3-15(9-5-8-14(15)16)11-12-6-4-7-13(10-12)17-2/h12-13H,3-11H2,1-2H3. The molecule has 2 rings (SSSR count). The molecule has 0 amide bonds. The van der Waals surface area contributed by atoms with Crippen LogP contribution >= 0.6 is 0 Å². The summed E-state index contributed by atoms with van der Waals surface area (Å²) in [5, 5.41) is 0. The highest BCUT2D eigenvalue weighted by Crippen LogP contribution is 2.45. The first-order valence-electron chi connectivity index (χ1n) is 7.26. The maximum Gasteiger partial charge on any atom is 0.139 e. The molecule has 2 fully saturated rings. The van der Waals surface area contributed by atoms with E-state index in [4.69, 9.17) is 4.74 Å². The van der Waals surface area contributed by atoms with Crippen molar-refractivity contribution < 1.29 is 9.53 Å². The molecule has 0 radical (unpaired) electrons. The van der Waals surface area contributed by atoms with E-state index < -0.39 is 0 Å². The molecular weight excluding hydrogens is 212 g/mol. The van der Waals surface area contributed by atoms with Gasteiger partial charge < -0.3 is 4.74 Å². The van der Waals surface area contributed by atoms with E-state index in [-0.39, 0.29) is 5.41 Å². The summed E-state index contributed by atoms with van der Waals surface area (Å²) in [5.74, 6) is 1.26. The summed E-state index contributed by atoms with van der Waals surface area (Å²) in [5.41, 5.74) is 0.0420. The van der Waals surface area contributed by atoms with Gasteiger partial charge in [-0.1, -0.05) is 19.8 Å². The minimum absolute atomic E-state index is 0.0420. The van der Waals surface area contributed by atoms with Gasteiger partial charge in [-0.3, -0.25) is 4.79 Å². The zero-order valence-electron chi connectivity index (χ0n) is 11.3. The van der Waals surface area contributed by atoms with Gasteiger partial charge in [0.05, 0.1) is 6.10 Å².